The van der Waals surface area contributed by atoms with E-state index in [1.165, 1.54) is 70.6 Å². The number of nitrogens with zero attached hydrogens (tertiary/aromatic N) is 1. The van der Waals surface area contributed by atoms with Crippen LogP contribution in [0.25, 0.3) is 0 Å². The second kappa shape index (κ2) is 11.7. The number of aliphatic hydroxyl groups is 1. The number of hydrogen-bond donors (Lipinski definition) is 2. The molecule has 114 valence electrons. The van der Waals surface area contributed by atoms with Crippen LogP contribution in [-0.2, 0) is 0 Å². The maximum Gasteiger partial charge on any atom is 0.107 e. The van der Waals surface area contributed by atoms with Crippen molar-refractivity contribution in [2.75, 3.05) is 19.6 Å². The molecule has 3 heteroatoms. The lowest BCUT2D eigenvalue weighted by molar-refractivity contribution is 0.0121. The topological polar surface area (TPSA) is 49.5 Å². The van der Waals surface area contributed by atoms with Crippen molar-refractivity contribution in [3.05, 3.63) is 0 Å². The fourth-order valence-electron chi connectivity index (χ4n) is 2.93. The third kappa shape index (κ3) is 8.61. The molecule has 1 heterocycles. The number of nitrogens with two attached hydrogens (primary N) is 1. The van der Waals surface area contributed by atoms with Gasteiger partial charge >= 0.3 is 0 Å². The van der Waals surface area contributed by atoms with Gasteiger partial charge in [0.25, 0.3) is 0 Å². The fourth-order valence-corrected chi connectivity index (χ4v) is 2.93. The second-order valence-corrected chi connectivity index (χ2v) is 5.98. The van der Waals surface area contributed by atoms with Crippen LogP contribution in [0.3, 0.4) is 0 Å². The molecule has 0 aromatic rings. The van der Waals surface area contributed by atoms with E-state index in [-0.39, 0.29) is 6.23 Å². The van der Waals surface area contributed by atoms with Gasteiger partial charge in [-0.1, -0.05) is 44.9 Å². The zero-order chi connectivity index (χ0) is 13.8. The monoisotopic (exact) mass is 270 g/mol. The summed E-state index contributed by atoms with van der Waals surface area (Å²) in [5.74, 6) is 0. The van der Waals surface area contributed by atoms with Crippen molar-refractivity contribution in [3.8, 4) is 0 Å². The minimum Gasteiger partial charge on any atom is -0.378 e. The minimum atomic E-state index is -0.168. The standard InChI is InChI=1S/C16H34N2O/c17-13-9-7-5-3-1-2-4-6-8-12-16(19)18-14-10-11-15-18/h16,19H,1-15,17H2. The first kappa shape index (κ1) is 16.9. The van der Waals surface area contributed by atoms with Crippen molar-refractivity contribution in [1.29, 1.82) is 0 Å². The van der Waals surface area contributed by atoms with E-state index in [0.29, 0.717) is 0 Å². The average Bonchev–Trinajstić information content (AvgIpc) is 2.95. The van der Waals surface area contributed by atoms with Crippen LogP contribution in [0.4, 0.5) is 0 Å². The van der Waals surface area contributed by atoms with E-state index in [4.69, 9.17) is 5.73 Å². The smallest absolute Gasteiger partial charge is 0.107 e. The summed E-state index contributed by atoms with van der Waals surface area (Å²) in [7, 11) is 0. The summed E-state index contributed by atoms with van der Waals surface area (Å²) in [4.78, 5) is 2.23. The molecule has 3 nitrogen and oxygen atoms in total. The van der Waals surface area contributed by atoms with E-state index in [0.717, 1.165) is 26.1 Å². The molecule has 1 fully saturated rings. The summed E-state index contributed by atoms with van der Waals surface area (Å²) in [5, 5.41) is 9.99. The first-order chi connectivity index (χ1) is 9.34. The Balaban J connectivity index is 1.78. The Morgan fingerprint density at radius 3 is 1.79 bits per heavy atom. The molecular formula is C16H34N2O. The molecule has 1 atom stereocenters. The van der Waals surface area contributed by atoms with Gasteiger partial charge in [-0.05, 0) is 38.6 Å². The second-order valence-electron chi connectivity index (χ2n) is 5.98. The van der Waals surface area contributed by atoms with Crippen LogP contribution < -0.4 is 5.73 Å². The Morgan fingerprint density at radius 1 is 0.789 bits per heavy atom. The average molecular weight is 270 g/mol. The largest absolute Gasteiger partial charge is 0.378 e. The van der Waals surface area contributed by atoms with Crippen LogP contribution in [-0.4, -0.2) is 35.9 Å². The van der Waals surface area contributed by atoms with E-state index in [9.17, 15) is 5.11 Å². The van der Waals surface area contributed by atoms with Gasteiger partial charge in [0.15, 0.2) is 0 Å². The summed E-state index contributed by atoms with van der Waals surface area (Å²) in [6.07, 6.45) is 15.1. The maximum absolute atomic E-state index is 9.99. The highest BCUT2D eigenvalue weighted by molar-refractivity contribution is 4.68. The number of hydrogen-bond acceptors (Lipinski definition) is 3. The van der Waals surface area contributed by atoms with Gasteiger partial charge in [0, 0.05) is 13.1 Å². The SMILES string of the molecule is NCCCCCCCCCCCC(O)N1CCCC1. The van der Waals surface area contributed by atoms with Gasteiger partial charge in [0.1, 0.15) is 6.23 Å². The van der Waals surface area contributed by atoms with E-state index in [2.05, 4.69) is 4.90 Å². The summed E-state index contributed by atoms with van der Waals surface area (Å²) in [6, 6.07) is 0. The molecule has 1 rings (SSSR count). The van der Waals surface area contributed by atoms with Crippen molar-refractivity contribution in [3.63, 3.8) is 0 Å². The Kier molecular flexibility index (Phi) is 10.4. The van der Waals surface area contributed by atoms with Crippen molar-refractivity contribution >= 4 is 0 Å². The lowest BCUT2D eigenvalue weighted by Gasteiger charge is -2.22. The van der Waals surface area contributed by atoms with Crippen molar-refractivity contribution in [1.82, 2.24) is 4.90 Å². The maximum atomic E-state index is 9.99. The highest BCUT2D eigenvalue weighted by atomic mass is 16.3. The van der Waals surface area contributed by atoms with Crippen molar-refractivity contribution in [2.45, 2.75) is 83.3 Å². The van der Waals surface area contributed by atoms with E-state index in [1.807, 2.05) is 0 Å². The Bertz CT molecular complexity index is 193. The summed E-state index contributed by atoms with van der Waals surface area (Å²) in [5.41, 5.74) is 5.47. The lowest BCUT2D eigenvalue weighted by atomic mass is 10.1. The third-order valence-corrected chi connectivity index (χ3v) is 4.23. The first-order valence-corrected chi connectivity index (χ1v) is 8.47. The molecular weight excluding hydrogens is 236 g/mol. The van der Waals surface area contributed by atoms with E-state index in [1.54, 1.807) is 0 Å². The highest BCUT2D eigenvalue weighted by Gasteiger charge is 2.18. The van der Waals surface area contributed by atoms with Gasteiger partial charge < -0.3 is 10.8 Å². The third-order valence-electron chi connectivity index (χ3n) is 4.23. The predicted octanol–water partition coefficient (Wildman–Crippen LogP) is 3.26. The Hall–Kier alpha value is -0.120. The van der Waals surface area contributed by atoms with Crippen LogP contribution in [0.1, 0.15) is 77.0 Å². The van der Waals surface area contributed by atoms with Crippen molar-refractivity contribution in [2.24, 2.45) is 5.73 Å². The molecule has 0 amide bonds. The normalized spacial score (nSPS) is 18.0. The Morgan fingerprint density at radius 2 is 1.26 bits per heavy atom. The Labute approximate surface area is 119 Å². The van der Waals surface area contributed by atoms with Gasteiger partial charge in [-0.25, -0.2) is 0 Å². The first-order valence-electron chi connectivity index (χ1n) is 8.47. The predicted molar refractivity (Wildman–Crippen MR) is 82.0 cm³/mol. The molecule has 1 aliphatic heterocycles. The number of aliphatic hydroxyl groups excluding tert-OH is 1. The molecule has 3 N–H and O–H groups in total. The molecule has 0 aliphatic carbocycles. The van der Waals surface area contributed by atoms with Gasteiger partial charge in [-0.15, -0.1) is 0 Å². The van der Waals surface area contributed by atoms with Gasteiger partial charge in [0.2, 0.25) is 0 Å². The number of likely N-dealkylation sites (tertiary alicyclic amines) is 1. The number of rotatable bonds is 12. The minimum absolute atomic E-state index is 0.168. The summed E-state index contributed by atoms with van der Waals surface area (Å²) < 4.78 is 0. The molecule has 0 aromatic heterocycles. The lowest BCUT2D eigenvalue weighted by Crippen LogP contribution is -2.32. The highest BCUT2D eigenvalue weighted by Crippen LogP contribution is 2.16. The van der Waals surface area contributed by atoms with E-state index < -0.39 is 0 Å². The van der Waals surface area contributed by atoms with Gasteiger partial charge in [-0.3, -0.25) is 4.90 Å². The molecule has 0 bridgehead atoms. The zero-order valence-electron chi connectivity index (χ0n) is 12.7. The quantitative estimate of drug-likeness (QED) is 0.535. The van der Waals surface area contributed by atoms with Gasteiger partial charge in [-0.2, -0.15) is 0 Å². The molecule has 1 aliphatic rings. The van der Waals surface area contributed by atoms with Crippen LogP contribution in [0.5, 0.6) is 0 Å². The molecule has 19 heavy (non-hydrogen) atoms. The van der Waals surface area contributed by atoms with Crippen LogP contribution in [0, 0.1) is 0 Å². The van der Waals surface area contributed by atoms with Crippen LogP contribution in [0.15, 0.2) is 0 Å². The summed E-state index contributed by atoms with van der Waals surface area (Å²) >= 11 is 0. The molecule has 0 saturated carbocycles. The summed E-state index contributed by atoms with van der Waals surface area (Å²) in [6.45, 7) is 3.05. The molecule has 0 aromatic carbocycles. The fraction of sp³-hybridized carbons (Fsp3) is 1.00. The number of unbranched alkanes of at least 4 members (excludes halogenated alkanes) is 8. The van der Waals surface area contributed by atoms with E-state index >= 15 is 0 Å². The van der Waals surface area contributed by atoms with Crippen LogP contribution >= 0.6 is 0 Å². The molecule has 0 spiro atoms. The van der Waals surface area contributed by atoms with Crippen LogP contribution in [0.2, 0.25) is 0 Å². The van der Waals surface area contributed by atoms with Crippen molar-refractivity contribution < 1.29 is 5.11 Å². The van der Waals surface area contributed by atoms with Gasteiger partial charge in [0.05, 0.1) is 0 Å². The molecule has 1 saturated heterocycles. The molecule has 0 radical (unpaired) electrons. The zero-order valence-corrected chi connectivity index (χ0v) is 12.7. The molecule has 1 unspecified atom stereocenters.